The average molecular weight is 209 g/mol. The van der Waals surface area contributed by atoms with Crippen molar-refractivity contribution in [1.29, 1.82) is 5.26 Å². The first-order chi connectivity index (χ1) is 7.31. The molecule has 0 aliphatic heterocycles. The molecule has 6 heteroatoms. The van der Waals surface area contributed by atoms with Crippen LogP contribution in [0.4, 0.5) is 0 Å². The highest BCUT2D eigenvalue weighted by molar-refractivity contribution is 5.10. The Morgan fingerprint density at radius 3 is 3.13 bits per heavy atom. The van der Waals surface area contributed by atoms with Gasteiger partial charge in [-0.3, -0.25) is 10.00 Å². The van der Waals surface area contributed by atoms with Crippen LogP contribution in [0.2, 0.25) is 0 Å². The molecule has 0 saturated heterocycles. The van der Waals surface area contributed by atoms with Crippen molar-refractivity contribution in [3.8, 4) is 6.07 Å². The summed E-state index contributed by atoms with van der Waals surface area (Å²) < 4.78 is 1.63. The van der Waals surface area contributed by atoms with Gasteiger partial charge in [0.2, 0.25) is 0 Å². The molecule has 0 fully saturated rings. The normalized spacial score (nSPS) is 12.3. The van der Waals surface area contributed by atoms with Crippen molar-refractivity contribution in [3.05, 3.63) is 11.9 Å². The first kappa shape index (κ1) is 11.6. The summed E-state index contributed by atoms with van der Waals surface area (Å²) in [6.07, 6.45) is 2.37. The molecule has 0 spiro atoms. The van der Waals surface area contributed by atoms with Crippen LogP contribution in [0.15, 0.2) is 6.20 Å². The quantitative estimate of drug-likeness (QED) is 0.679. The second-order valence-corrected chi connectivity index (χ2v) is 3.10. The fraction of sp³-hybridized carbons (Fsp3) is 0.667. The lowest BCUT2D eigenvalue weighted by molar-refractivity contribution is 0.276. The zero-order valence-corrected chi connectivity index (χ0v) is 8.72. The minimum absolute atomic E-state index is 0.129. The molecule has 1 rings (SSSR count). The van der Waals surface area contributed by atoms with Gasteiger partial charge in [-0.1, -0.05) is 12.1 Å². The van der Waals surface area contributed by atoms with Crippen LogP contribution in [0.1, 0.15) is 25.1 Å². The van der Waals surface area contributed by atoms with Crippen molar-refractivity contribution in [2.45, 2.75) is 25.9 Å². The predicted molar refractivity (Wildman–Crippen MR) is 53.8 cm³/mol. The molecule has 0 saturated carbocycles. The first-order valence-electron chi connectivity index (χ1n) is 4.95. The molecule has 1 aromatic rings. The van der Waals surface area contributed by atoms with Gasteiger partial charge < -0.3 is 5.11 Å². The smallest absolute Gasteiger partial charge is 0.141 e. The van der Waals surface area contributed by atoms with Crippen LogP contribution in [0.25, 0.3) is 0 Å². The average Bonchev–Trinajstić information content (AvgIpc) is 2.71. The van der Waals surface area contributed by atoms with Crippen molar-refractivity contribution >= 4 is 0 Å². The lowest BCUT2D eigenvalue weighted by Crippen LogP contribution is -2.19. The van der Waals surface area contributed by atoms with Crippen LogP contribution in [0, 0.1) is 11.3 Å². The van der Waals surface area contributed by atoms with Crippen LogP contribution < -0.4 is 5.32 Å². The van der Waals surface area contributed by atoms with Gasteiger partial charge in [-0.25, -0.2) is 0 Å². The summed E-state index contributed by atoms with van der Waals surface area (Å²) in [5.74, 6) is 0. The molecule has 1 heterocycles. The van der Waals surface area contributed by atoms with Crippen molar-refractivity contribution in [1.82, 2.24) is 20.3 Å². The molecular weight excluding hydrogens is 194 g/mol. The minimum Gasteiger partial charge on any atom is -0.396 e. The molecule has 0 aliphatic rings. The highest BCUT2D eigenvalue weighted by Crippen LogP contribution is 2.07. The van der Waals surface area contributed by atoms with Crippen molar-refractivity contribution in [3.63, 3.8) is 0 Å². The topological polar surface area (TPSA) is 86.8 Å². The van der Waals surface area contributed by atoms with Gasteiger partial charge >= 0.3 is 0 Å². The number of nitrogens with zero attached hydrogens (tertiary/aromatic N) is 4. The summed E-state index contributed by atoms with van der Waals surface area (Å²) in [5, 5.41) is 28.3. The molecule has 82 valence electrons. The van der Waals surface area contributed by atoms with Gasteiger partial charge in [0.15, 0.2) is 0 Å². The Bertz CT molecular complexity index is 329. The molecule has 0 aliphatic carbocycles. The maximum atomic E-state index is 8.87. The van der Waals surface area contributed by atoms with Crippen LogP contribution in [0.3, 0.4) is 0 Å². The van der Waals surface area contributed by atoms with E-state index in [9.17, 15) is 0 Å². The highest BCUT2D eigenvalue weighted by Gasteiger charge is 2.12. The second-order valence-electron chi connectivity index (χ2n) is 3.10. The molecular formula is C9H15N5O. The number of aliphatic hydroxyl groups is 1. The summed E-state index contributed by atoms with van der Waals surface area (Å²) in [7, 11) is 0. The number of aromatic nitrogens is 3. The number of hydrogen-bond acceptors (Lipinski definition) is 5. The van der Waals surface area contributed by atoms with E-state index in [4.69, 9.17) is 10.4 Å². The van der Waals surface area contributed by atoms with Crippen molar-refractivity contribution < 1.29 is 5.11 Å². The van der Waals surface area contributed by atoms with E-state index in [1.165, 1.54) is 0 Å². The number of nitrogens with one attached hydrogen (secondary N) is 1. The van der Waals surface area contributed by atoms with Gasteiger partial charge in [-0.2, -0.15) is 5.26 Å². The molecule has 1 atom stereocenters. The van der Waals surface area contributed by atoms with E-state index in [1.807, 2.05) is 6.92 Å². The van der Waals surface area contributed by atoms with Gasteiger partial charge in [0.25, 0.3) is 0 Å². The summed E-state index contributed by atoms with van der Waals surface area (Å²) in [6, 6.07) is 1.71. The Labute approximate surface area is 88.5 Å². The fourth-order valence-corrected chi connectivity index (χ4v) is 1.21. The summed E-state index contributed by atoms with van der Waals surface area (Å²) in [5.41, 5.74) is 0.622. The Kier molecular flexibility index (Phi) is 4.74. The minimum atomic E-state index is -0.405. The molecule has 1 unspecified atom stereocenters. The maximum Gasteiger partial charge on any atom is 0.141 e. The summed E-state index contributed by atoms with van der Waals surface area (Å²) in [6.45, 7) is 3.39. The standard InChI is InChI=1S/C9H15N5O/c1-2-11-8(6-10)9-7-14(13-12-9)4-3-5-15/h7-8,11,15H,2-5H2,1H3. The van der Waals surface area contributed by atoms with Crippen molar-refractivity contribution in [2.75, 3.05) is 13.2 Å². The molecule has 6 nitrogen and oxygen atoms in total. The number of aliphatic hydroxyl groups excluding tert-OH is 1. The molecule has 0 bridgehead atoms. The number of nitriles is 1. The molecule has 1 aromatic heterocycles. The van der Waals surface area contributed by atoms with E-state index in [2.05, 4.69) is 21.7 Å². The Morgan fingerprint density at radius 1 is 1.73 bits per heavy atom. The molecule has 0 radical (unpaired) electrons. The zero-order chi connectivity index (χ0) is 11.1. The number of hydrogen-bond donors (Lipinski definition) is 2. The van der Waals surface area contributed by atoms with Gasteiger partial charge in [-0.15, -0.1) is 5.10 Å². The van der Waals surface area contributed by atoms with E-state index < -0.39 is 6.04 Å². The highest BCUT2D eigenvalue weighted by atomic mass is 16.3. The van der Waals surface area contributed by atoms with E-state index in [0.29, 0.717) is 25.2 Å². The largest absolute Gasteiger partial charge is 0.396 e. The molecule has 15 heavy (non-hydrogen) atoms. The second kappa shape index (κ2) is 6.11. The van der Waals surface area contributed by atoms with Gasteiger partial charge in [0, 0.05) is 13.2 Å². The van der Waals surface area contributed by atoms with Gasteiger partial charge in [-0.05, 0) is 13.0 Å². The first-order valence-corrected chi connectivity index (χ1v) is 4.95. The Hall–Kier alpha value is -1.45. The third-order valence-corrected chi connectivity index (χ3v) is 1.93. The van der Waals surface area contributed by atoms with Crippen LogP contribution >= 0.6 is 0 Å². The summed E-state index contributed by atoms with van der Waals surface area (Å²) in [4.78, 5) is 0. The third-order valence-electron chi connectivity index (χ3n) is 1.93. The predicted octanol–water partition coefficient (Wildman–Crippen LogP) is -0.165. The van der Waals surface area contributed by atoms with E-state index in [-0.39, 0.29) is 6.61 Å². The Morgan fingerprint density at radius 2 is 2.53 bits per heavy atom. The van der Waals surface area contributed by atoms with Gasteiger partial charge in [0.05, 0.1) is 12.3 Å². The van der Waals surface area contributed by atoms with Gasteiger partial charge in [0.1, 0.15) is 11.7 Å². The number of rotatable bonds is 6. The third kappa shape index (κ3) is 3.31. The van der Waals surface area contributed by atoms with Crippen molar-refractivity contribution in [2.24, 2.45) is 0 Å². The number of aryl methyl sites for hydroxylation is 1. The molecule has 0 amide bonds. The zero-order valence-electron chi connectivity index (χ0n) is 8.72. The van der Waals surface area contributed by atoms with E-state index in [1.54, 1.807) is 10.9 Å². The molecule has 2 N–H and O–H groups in total. The van der Waals surface area contributed by atoms with Crippen LogP contribution in [0.5, 0.6) is 0 Å². The van der Waals surface area contributed by atoms with E-state index in [0.717, 1.165) is 0 Å². The lowest BCUT2D eigenvalue weighted by Gasteiger charge is -2.04. The van der Waals surface area contributed by atoms with Crippen LogP contribution in [-0.2, 0) is 6.54 Å². The summed E-state index contributed by atoms with van der Waals surface area (Å²) >= 11 is 0. The SMILES string of the molecule is CCNC(C#N)c1cn(CCCO)nn1. The lowest BCUT2D eigenvalue weighted by atomic mass is 10.2. The van der Waals surface area contributed by atoms with E-state index >= 15 is 0 Å². The molecule has 0 aromatic carbocycles. The monoisotopic (exact) mass is 209 g/mol. The maximum absolute atomic E-state index is 8.87. The van der Waals surface area contributed by atoms with Crippen LogP contribution in [-0.4, -0.2) is 33.3 Å². The Balaban J connectivity index is 2.61. The fourth-order valence-electron chi connectivity index (χ4n) is 1.21.